The van der Waals surface area contributed by atoms with Crippen LogP contribution >= 0.6 is 0 Å². The molecule has 2 rings (SSSR count). The van der Waals surface area contributed by atoms with Crippen LogP contribution in [0.1, 0.15) is 19.0 Å². The highest BCUT2D eigenvalue weighted by atomic mass is 16.6. The summed E-state index contributed by atoms with van der Waals surface area (Å²) in [6.45, 7) is 3.30. The lowest BCUT2D eigenvalue weighted by molar-refractivity contribution is -0.384. The number of aromatic nitrogens is 2. The van der Waals surface area contributed by atoms with E-state index in [1.165, 1.54) is 0 Å². The van der Waals surface area contributed by atoms with Gasteiger partial charge >= 0.3 is 5.69 Å². The zero-order valence-electron chi connectivity index (χ0n) is 12.9. The van der Waals surface area contributed by atoms with Crippen LogP contribution in [0, 0.1) is 10.1 Å². The monoisotopic (exact) mass is 303 g/mol. The zero-order chi connectivity index (χ0) is 15.9. The van der Waals surface area contributed by atoms with E-state index in [-0.39, 0.29) is 10.6 Å². The Bertz CT molecular complexity index is 624. The van der Waals surface area contributed by atoms with Gasteiger partial charge in [0.25, 0.3) is 0 Å². The van der Waals surface area contributed by atoms with Crippen molar-refractivity contribution in [1.29, 1.82) is 0 Å². The van der Waals surface area contributed by atoms with Gasteiger partial charge in [-0.15, -0.1) is 0 Å². The molecule has 0 bridgehead atoms. The van der Waals surface area contributed by atoms with E-state index in [9.17, 15) is 10.1 Å². The maximum Gasteiger partial charge on any atom is 0.333 e. The molecular formula is C15H21N5O2. The Kier molecular flexibility index (Phi) is 5.35. The van der Waals surface area contributed by atoms with Crippen molar-refractivity contribution in [3.63, 3.8) is 0 Å². The second-order valence-corrected chi connectivity index (χ2v) is 4.95. The lowest BCUT2D eigenvalue weighted by Gasteiger charge is -2.08. The Morgan fingerprint density at radius 1 is 1.23 bits per heavy atom. The summed E-state index contributed by atoms with van der Waals surface area (Å²) in [7, 11) is 1.72. The number of nitrogens with one attached hydrogen (secondary N) is 2. The quantitative estimate of drug-likeness (QED) is 0.445. The van der Waals surface area contributed by atoms with Crippen molar-refractivity contribution < 1.29 is 4.92 Å². The molecule has 22 heavy (non-hydrogen) atoms. The van der Waals surface area contributed by atoms with Crippen molar-refractivity contribution in [2.24, 2.45) is 7.05 Å². The fourth-order valence-electron chi connectivity index (χ4n) is 2.28. The first-order valence-electron chi connectivity index (χ1n) is 7.36. The fraction of sp³-hybridized carbons (Fsp3) is 0.400. The van der Waals surface area contributed by atoms with Gasteiger partial charge in [-0.25, -0.2) is 4.68 Å². The molecule has 7 nitrogen and oxygen atoms in total. The highest BCUT2D eigenvalue weighted by Crippen LogP contribution is 2.28. The average molecular weight is 303 g/mol. The minimum absolute atomic E-state index is 0.0843. The number of rotatable bonds is 8. The van der Waals surface area contributed by atoms with Crippen molar-refractivity contribution in [2.45, 2.75) is 19.8 Å². The van der Waals surface area contributed by atoms with E-state index < -0.39 is 0 Å². The molecule has 0 fully saturated rings. The zero-order valence-corrected chi connectivity index (χ0v) is 12.9. The van der Waals surface area contributed by atoms with Gasteiger partial charge in [0.2, 0.25) is 5.82 Å². The van der Waals surface area contributed by atoms with Crippen LogP contribution in [-0.4, -0.2) is 27.8 Å². The largest absolute Gasteiger partial charge is 0.385 e. The van der Waals surface area contributed by atoms with Crippen LogP contribution in [0.15, 0.2) is 30.3 Å². The lowest BCUT2D eigenvalue weighted by atomic mass is 10.3. The first-order valence-corrected chi connectivity index (χ1v) is 7.36. The van der Waals surface area contributed by atoms with E-state index in [1.54, 1.807) is 11.7 Å². The minimum atomic E-state index is -0.365. The highest BCUT2D eigenvalue weighted by molar-refractivity contribution is 5.59. The number of nitrogens with zero attached hydrogens (tertiary/aromatic N) is 3. The van der Waals surface area contributed by atoms with Crippen molar-refractivity contribution >= 4 is 17.2 Å². The van der Waals surface area contributed by atoms with Crippen LogP contribution in [0.25, 0.3) is 0 Å². The molecule has 2 aromatic rings. The fourth-order valence-corrected chi connectivity index (χ4v) is 2.28. The second kappa shape index (κ2) is 7.44. The summed E-state index contributed by atoms with van der Waals surface area (Å²) in [5, 5.41) is 21.8. The molecule has 0 aliphatic heterocycles. The molecule has 0 amide bonds. The van der Waals surface area contributed by atoms with Gasteiger partial charge in [-0.2, -0.15) is 5.10 Å². The third kappa shape index (κ3) is 3.75. The molecule has 0 atom stereocenters. The number of hydrogen-bond donors (Lipinski definition) is 2. The third-order valence-corrected chi connectivity index (χ3v) is 3.36. The molecule has 0 spiro atoms. The Morgan fingerprint density at radius 3 is 2.55 bits per heavy atom. The molecular weight excluding hydrogens is 282 g/mol. The van der Waals surface area contributed by atoms with E-state index >= 15 is 0 Å². The van der Waals surface area contributed by atoms with Crippen LogP contribution in [0.5, 0.6) is 0 Å². The van der Waals surface area contributed by atoms with Gasteiger partial charge < -0.3 is 10.6 Å². The normalized spacial score (nSPS) is 10.5. The van der Waals surface area contributed by atoms with Gasteiger partial charge in [0.15, 0.2) is 0 Å². The van der Waals surface area contributed by atoms with Crippen molar-refractivity contribution in [2.75, 3.05) is 23.7 Å². The summed E-state index contributed by atoms with van der Waals surface area (Å²) in [5.41, 5.74) is 1.67. The first kappa shape index (κ1) is 15.8. The number of nitro groups is 1. The van der Waals surface area contributed by atoms with Crippen LogP contribution in [-0.2, 0) is 13.5 Å². The maximum absolute atomic E-state index is 11.2. The number of aryl methyl sites for hydroxylation is 2. The topological polar surface area (TPSA) is 85.0 Å². The van der Waals surface area contributed by atoms with Crippen molar-refractivity contribution in [3.05, 3.63) is 46.1 Å². The minimum Gasteiger partial charge on any atom is -0.385 e. The predicted octanol–water partition coefficient (Wildman–Crippen LogP) is 2.80. The summed E-state index contributed by atoms with van der Waals surface area (Å²) in [6.07, 6.45) is 1.39. The first-order chi connectivity index (χ1) is 10.6. The highest BCUT2D eigenvalue weighted by Gasteiger charge is 2.24. The van der Waals surface area contributed by atoms with Gasteiger partial charge in [0.05, 0.1) is 4.92 Å². The summed E-state index contributed by atoms with van der Waals surface area (Å²) < 4.78 is 1.54. The van der Waals surface area contributed by atoms with Gasteiger partial charge in [-0.05, 0) is 25.0 Å². The van der Waals surface area contributed by atoms with Crippen molar-refractivity contribution in [3.8, 4) is 0 Å². The summed E-state index contributed by atoms with van der Waals surface area (Å²) in [4.78, 5) is 10.8. The second-order valence-electron chi connectivity index (χ2n) is 4.95. The molecule has 0 unspecified atom stereocenters. The molecule has 0 aliphatic carbocycles. The average Bonchev–Trinajstić information content (AvgIpc) is 2.84. The van der Waals surface area contributed by atoms with Gasteiger partial charge in [-0.1, -0.05) is 25.1 Å². The Morgan fingerprint density at radius 2 is 1.91 bits per heavy atom. The smallest absolute Gasteiger partial charge is 0.333 e. The Hall–Kier alpha value is -2.57. The van der Waals surface area contributed by atoms with Crippen molar-refractivity contribution in [1.82, 2.24) is 9.78 Å². The molecule has 1 aromatic heterocycles. The maximum atomic E-state index is 11.2. The number of hydrogen-bond acceptors (Lipinski definition) is 5. The van der Waals surface area contributed by atoms with E-state index in [0.717, 1.165) is 18.7 Å². The van der Waals surface area contributed by atoms with Crippen LogP contribution < -0.4 is 10.6 Å². The lowest BCUT2D eigenvalue weighted by Crippen LogP contribution is -2.12. The standard InChI is InChI=1S/C15H21N5O2/c1-3-13-14(20(21)22)15(19(2)18-13)17-11-7-10-16-12-8-5-4-6-9-12/h4-6,8-9,16-17H,3,7,10-11H2,1-2H3. The Labute approximate surface area is 129 Å². The molecule has 2 N–H and O–H groups in total. The van der Waals surface area contributed by atoms with E-state index in [2.05, 4.69) is 15.7 Å². The molecule has 118 valence electrons. The number of para-hydroxylation sites is 1. The third-order valence-electron chi connectivity index (χ3n) is 3.36. The summed E-state index contributed by atoms with van der Waals surface area (Å²) >= 11 is 0. The van der Waals surface area contributed by atoms with Gasteiger partial charge in [-0.3, -0.25) is 10.1 Å². The number of benzene rings is 1. The Balaban J connectivity index is 1.87. The SMILES string of the molecule is CCc1nn(C)c(NCCCNc2ccccc2)c1[N+](=O)[O-]. The molecule has 0 radical (unpaired) electrons. The summed E-state index contributed by atoms with van der Waals surface area (Å²) in [5.74, 6) is 0.474. The molecule has 0 aliphatic rings. The van der Waals surface area contributed by atoms with E-state index in [1.807, 2.05) is 37.3 Å². The molecule has 0 saturated heterocycles. The van der Waals surface area contributed by atoms with Gasteiger partial charge in [0, 0.05) is 25.8 Å². The van der Waals surface area contributed by atoms with Crippen LogP contribution in [0.4, 0.5) is 17.2 Å². The van der Waals surface area contributed by atoms with E-state index in [0.29, 0.717) is 24.5 Å². The van der Waals surface area contributed by atoms with Crippen LogP contribution in [0.2, 0.25) is 0 Å². The van der Waals surface area contributed by atoms with Gasteiger partial charge in [0.1, 0.15) is 5.69 Å². The molecule has 0 saturated carbocycles. The molecule has 1 heterocycles. The molecule has 7 heteroatoms. The predicted molar refractivity (Wildman–Crippen MR) is 87.3 cm³/mol. The summed E-state index contributed by atoms with van der Waals surface area (Å²) in [6, 6.07) is 9.94. The molecule has 1 aromatic carbocycles. The van der Waals surface area contributed by atoms with Crippen LogP contribution in [0.3, 0.4) is 0 Å². The number of anilines is 2. The van der Waals surface area contributed by atoms with E-state index in [4.69, 9.17) is 0 Å².